The normalized spacial score (nSPS) is 27.6. The fourth-order valence-electron chi connectivity index (χ4n) is 5.92. The number of nitrogens with one attached hydrogen (secondary N) is 1. The summed E-state index contributed by atoms with van der Waals surface area (Å²) in [6.45, 7) is 1.53. The summed E-state index contributed by atoms with van der Waals surface area (Å²) in [5, 5.41) is 23.3. The van der Waals surface area contributed by atoms with Gasteiger partial charge in [0.25, 0.3) is 11.8 Å². The number of sulfonamides is 1. The van der Waals surface area contributed by atoms with E-state index in [0.717, 1.165) is 23.3 Å². The molecule has 0 aromatic heterocycles. The number of nitrogens with zero attached hydrogens (tertiary/aromatic N) is 3. The van der Waals surface area contributed by atoms with Gasteiger partial charge < -0.3 is 29.9 Å². The molecule has 5 aliphatic rings. The predicted molar refractivity (Wildman–Crippen MR) is 168 cm³/mol. The maximum absolute atomic E-state index is 13.8. The number of halogens is 3. The zero-order chi connectivity index (χ0) is 34.9. The molecule has 1 fully saturated rings. The van der Waals surface area contributed by atoms with Crippen LogP contribution >= 0.6 is 0 Å². The van der Waals surface area contributed by atoms with Crippen LogP contribution in [0.1, 0.15) is 51.9 Å². The molecule has 0 aliphatic carbocycles. The lowest BCUT2D eigenvalue weighted by Gasteiger charge is -2.34. The molecule has 12 nitrogen and oxygen atoms in total. The molecule has 2 atom stereocenters. The predicted octanol–water partition coefficient (Wildman–Crippen LogP) is 1.89. The van der Waals surface area contributed by atoms with E-state index < -0.39 is 45.4 Å². The number of aliphatic hydroxyl groups excluding tert-OH is 2. The summed E-state index contributed by atoms with van der Waals surface area (Å²) >= 11 is 0. The van der Waals surface area contributed by atoms with Crippen molar-refractivity contribution in [1.29, 1.82) is 0 Å². The Bertz CT molecular complexity index is 1680. The highest BCUT2D eigenvalue weighted by molar-refractivity contribution is 7.89. The van der Waals surface area contributed by atoms with Crippen molar-refractivity contribution < 1.29 is 50.9 Å². The van der Waals surface area contributed by atoms with Gasteiger partial charge in [-0.05, 0) is 67.6 Å². The molecular weight excluding hydrogens is 657 g/mol. The third-order valence-corrected chi connectivity index (χ3v) is 10.9. The van der Waals surface area contributed by atoms with Gasteiger partial charge in [-0.25, -0.2) is 12.7 Å². The highest BCUT2D eigenvalue weighted by Crippen LogP contribution is 2.36. The minimum absolute atomic E-state index is 0.000133. The van der Waals surface area contributed by atoms with Crippen molar-refractivity contribution in [2.75, 3.05) is 52.3 Å². The Morgan fingerprint density at radius 1 is 1.00 bits per heavy atom. The number of amidine groups is 1. The average Bonchev–Trinajstić information content (AvgIpc) is 3.35. The van der Waals surface area contributed by atoms with Crippen molar-refractivity contribution in [3.05, 3.63) is 64.2 Å². The van der Waals surface area contributed by atoms with Gasteiger partial charge in [-0.3, -0.25) is 14.6 Å². The molecule has 16 heteroatoms. The number of ether oxygens (including phenoxy) is 2. The van der Waals surface area contributed by atoms with Crippen LogP contribution in [-0.4, -0.2) is 115 Å². The van der Waals surface area contributed by atoms with Crippen molar-refractivity contribution >= 4 is 27.7 Å². The number of carbonyl (C=O) groups is 2. The molecule has 0 unspecified atom stereocenters. The van der Waals surface area contributed by atoms with Crippen molar-refractivity contribution in [2.45, 2.75) is 56.5 Å². The second kappa shape index (κ2) is 14.1. The number of aliphatic hydroxyl groups is 2. The zero-order valence-electron chi connectivity index (χ0n) is 26.6. The number of fused-ring (bicyclic) bond motifs is 2. The van der Waals surface area contributed by atoms with Crippen LogP contribution in [0.3, 0.4) is 0 Å². The monoisotopic (exact) mass is 696 g/mol. The Balaban J connectivity index is 1.41. The van der Waals surface area contributed by atoms with E-state index in [4.69, 9.17) is 9.47 Å². The Morgan fingerprint density at radius 2 is 1.73 bits per heavy atom. The zero-order valence-corrected chi connectivity index (χ0v) is 27.4. The third kappa shape index (κ3) is 8.00. The average molecular weight is 697 g/mol. The number of amides is 2. The van der Waals surface area contributed by atoms with E-state index in [1.54, 1.807) is 32.2 Å². The lowest BCUT2D eigenvalue weighted by molar-refractivity contribution is -0.137. The minimum Gasteiger partial charge on any atom is -0.493 e. The fourth-order valence-corrected chi connectivity index (χ4v) is 7.39. The summed E-state index contributed by atoms with van der Waals surface area (Å²) < 4.78 is 80.4. The van der Waals surface area contributed by atoms with E-state index in [9.17, 15) is 41.4 Å². The van der Waals surface area contributed by atoms with Crippen molar-refractivity contribution in [3.8, 4) is 5.75 Å². The number of carbonyl (C=O) groups excluding carboxylic acids is 2. The van der Waals surface area contributed by atoms with Gasteiger partial charge in [0.15, 0.2) is 0 Å². The maximum atomic E-state index is 13.8. The molecule has 2 amide bonds. The standard InChI is InChI=1S/C32H39F3N4O8S/c1-20-15-22-4-3-21(20)6-14-48(44,45)39-9-7-31(8-10-39)30(43)36-28(37-31)23-16-24(32(33,34)35)18-25(17-23)47-12-5-26(40)27(41)19-46-13-11-38(2)29(22)42/h3-4,15-18,26-27,40-41H,5-14,19H2,1-2H3,(H,36,37,43)/t26-,27+/m0/s1. The van der Waals surface area contributed by atoms with E-state index in [2.05, 4.69) is 10.3 Å². The van der Waals surface area contributed by atoms with E-state index in [-0.39, 0.29) is 93.9 Å². The van der Waals surface area contributed by atoms with Crippen LogP contribution in [0.5, 0.6) is 5.75 Å². The van der Waals surface area contributed by atoms with Gasteiger partial charge >= 0.3 is 6.18 Å². The van der Waals surface area contributed by atoms with Crippen LogP contribution < -0.4 is 10.1 Å². The van der Waals surface area contributed by atoms with Crippen molar-refractivity contribution in [3.63, 3.8) is 0 Å². The number of hydrogen-bond acceptors (Lipinski definition) is 9. The maximum Gasteiger partial charge on any atom is 0.416 e. The number of piperidine rings is 1. The number of alkyl halides is 3. The van der Waals surface area contributed by atoms with Crippen LogP contribution in [0, 0.1) is 6.92 Å². The molecule has 262 valence electrons. The van der Waals surface area contributed by atoms with Gasteiger partial charge in [-0.1, -0.05) is 6.07 Å². The van der Waals surface area contributed by atoms with Crippen LogP contribution in [-0.2, 0) is 32.2 Å². The van der Waals surface area contributed by atoms with Crippen LogP contribution in [0.25, 0.3) is 0 Å². The number of likely N-dealkylation sites (N-methyl/N-ethyl adjacent to an activating group) is 1. The molecule has 7 bridgehead atoms. The first-order valence-electron chi connectivity index (χ1n) is 15.6. The molecule has 5 heterocycles. The van der Waals surface area contributed by atoms with Crippen LogP contribution in [0.15, 0.2) is 41.4 Å². The second-order valence-corrected chi connectivity index (χ2v) is 14.5. The molecule has 1 spiro atoms. The molecule has 5 aliphatic heterocycles. The van der Waals surface area contributed by atoms with E-state index in [0.29, 0.717) is 5.56 Å². The highest BCUT2D eigenvalue weighted by atomic mass is 32.2. The summed E-state index contributed by atoms with van der Waals surface area (Å²) in [7, 11) is -2.15. The lowest BCUT2D eigenvalue weighted by Crippen LogP contribution is -2.50. The number of hydrogen-bond donors (Lipinski definition) is 3. The van der Waals surface area contributed by atoms with Gasteiger partial charge in [-0.15, -0.1) is 0 Å². The molecule has 48 heavy (non-hydrogen) atoms. The van der Waals surface area contributed by atoms with E-state index in [1.165, 1.54) is 15.3 Å². The summed E-state index contributed by atoms with van der Waals surface area (Å²) in [6, 6.07) is 7.98. The molecule has 1 saturated heterocycles. The number of aryl methyl sites for hydroxylation is 2. The summed E-state index contributed by atoms with van der Waals surface area (Å²) in [4.78, 5) is 32.1. The quantitative estimate of drug-likeness (QED) is 0.377. The van der Waals surface area contributed by atoms with E-state index in [1.807, 2.05) is 0 Å². The molecule has 2 aromatic carbocycles. The van der Waals surface area contributed by atoms with Crippen LogP contribution in [0.4, 0.5) is 13.2 Å². The smallest absolute Gasteiger partial charge is 0.416 e. The third-order valence-electron chi connectivity index (χ3n) is 8.98. The largest absolute Gasteiger partial charge is 0.493 e. The molecule has 7 rings (SSSR count). The first-order chi connectivity index (χ1) is 22.6. The summed E-state index contributed by atoms with van der Waals surface area (Å²) in [5.41, 5.74) is -0.504. The fraction of sp³-hybridized carbons (Fsp3) is 0.531. The Labute approximate surface area is 276 Å². The first kappa shape index (κ1) is 35.7. The topological polar surface area (TPSA) is 158 Å². The SMILES string of the molecule is Cc1cc2ccc1CCS(=O)(=O)N1CCC3(CC1)N=C(NC3=O)c1cc(cc(C(F)(F)F)c1)OCC[C@H](O)[C@H](O)COCCN(C)C2=O. The Hall–Kier alpha value is -3.57. The van der Waals surface area contributed by atoms with Gasteiger partial charge in [0.05, 0.1) is 37.2 Å². The van der Waals surface area contributed by atoms with Crippen molar-refractivity contribution in [1.82, 2.24) is 14.5 Å². The first-order valence-corrected chi connectivity index (χ1v) is 17.2. The van der Waals surface area contributed by atoms with E-state index >= 15 is 0 Å². The molecule has 0 radical (unpaired) electrons. The highest BCUT2D eigenvalue weighted by Gasteiger charge is 2.48. The number of benzene rings is 2. The van der Waals surface area contributed by atoms with Gasteiger partial charge in [0.2, 0.25) is 10.0 Å². The second-order valence-electron chi connectivity index (χ2n) is 12.4. The van der Waals surface area contributed by atoms with Crippen LogP contribution in [0.2, 0.25) is 0 Å². The minimum atomic E-state index is -4.75. The summed E-state index contributed by atoms with van der Waals surface area (Å²) in [5.74, 6) is -1.28. The Morgan fingerprint density at radius 3 is 2.42 bits per heavy atom. The molecule has 3 N–H and O–H groups in total. The summed E-state index contributed by atoms with van der Waals surface area (Å²) in [6.07, 6.45) is -7.24. The number of aliphatic imine (C=N–C) groups is 1. The Kier molecular flexibility index (Phi) is 10.5. The lowest BCUT2D eigenvalue weighted by atomic mass is 9.89. The number of rotatable bonds is 0. The van der Waals surface area contributed by atoms with Crippen molar-refractivity contribution in [2.24, 2.45) is 4.99 Å². The molecular formula is C32H39F3N4O8S. The van der Waals surface area contributed by atoms with Gasteiger partial charge in [0, 0.05) is 44.2 Å². The molecule has 0 saturated carbocycles. The van der Waals surface area contributed by atoms with Gasteiger partial charge in [0.1, 0.15) is 23.2 Å². The molecule has 2 aromatic rings. The van der Waals surface area contributed by atoms with Gasteiger partial charge in [-0.2, -0.15) is 13.2 Å².